The highest BCUT2D eigenvalue weighted by Crippen LogP contribution is 2.21. The number of para-hydroxylation sites is 1. The van der Waals surface area contributed by atoms with Crippen LogP contribution in [0.3, 0.4) is 0 Å². The van der Waals surface area contributed by atoms with Gasteiger partial charge in [-0.3, -0.25) is 0 Å². The molecule has 0 amide bonds. The molecule has 2 heterocycles. The molecule has 0 radical (unpaired) electrons. The molecule has 1 aliphatic heterocycles. The number of aliphatic hydroxyl groups is 1. The first-order chi connectivity index (χ1) is 13.8. The first kappa shape index (κ1) is 18.8. The number of rotatable bonds is 8. The van der Waals surface area contributed by atoms with Crippen LogP contribution >= 0.6 is 0 Å². The molecule has 1 unspecified atom stereocenters. The number of hydrogen-bond acceptors (Lipinski definition) is 4. The van der Waals surface area contributed by atoms with Gasteiger partial charge in [0.15, 0.2) is 0 Å². The molecular weight excluding hydrogens is 352 g/mol. The van der Waals surface area contributed by atoms with Crippen molar-refractivity contribution in [2.75, 3.05) is 32.8 Å². The van der Waals surface area contributed by atoms with Gasteiger partial charge in [0.05, 0.1) is 6.61 Å². The number of aromatic amines is 1. The van der Waals surface area contributed by atoms with Crippen molar-refractivity contribution in [3.63, 3.8) is 0 Å². The minimum atomic E-state index is -0.487. The standard InChI is InChI=1S/C23H28N2O3/c26-20(17-28-22-6-7-23-19(14-22)8-11-24-23)15-25-12-9-18(10-13-25)16-27-21-4-2-1-3-5-21/h1-8,11,14,18,20,24,26H,9-10,12-13,15-17H2. The van der Waals surface area contributed by atoms with E-state index in [2.05, 4.69) is 9.88 Å². The highest BCUT2D eigenvalue weighted by atomic mass is 16.5. The Bertz CT molecular complexity index is 856. The van der Waals surface area contributed by atoms with Crippen molar-refractivity contribution in [2.45, 2.75) is 18.9 Å². The fourth-order valence-electron chi connectivity index (χ4n) is 3.73. The van der Waals surface area contributed by atoms with E-state index in [1.165, 1.54) is 0 Å². The van der Waals surface area contributed by atoms with Crippen LogP contribution in [0.5, 0.6) is 11.5 Å². The van der Waals surface area contributed by atoms with Gasteiger partial charge in [-0.15, -0.1) is 0 Å². The third-order valence-corrected chi connectivity index (χ3v) is 5.37. The quantitative estimate of drug-likeness (QED) is 0.626. The molecular formula is C23H28N2O3. The van der Waals surface area contributed by atoms with Crippen molar-refractivity contribution >= 4 is 10.9 Å². The summed E-state index contributed by atoms with van der Waals surface area (Å²) in [6.45, 7) is 3.72. The summed E-state index contributed by atoms with van der Waals surface area (Å²) in [4.78, 5) is 5.49. The summed E-state index contributed by atoms with van der Waals surface area (Å²) >= 11 is 0. The third-order valence-electron chi connectivity index (χ3n) is 5.37. The Morgan fingerprint density at radius 2 is 1.82 bits per heavy atom. The van der Waals surface area contributed by atoms with E-state index in [1.54, 1.807) is 0 Å². The lowest BCUT2D eigenvalue weighted by molar-refractivity contribution is 0.0503. The molecule has 0 aliphatic carbocycles. The van der Waals surface area contributed by atoms with Crippen LogP contribution in [-0.4, -0.2) is 53.9 Å². The average molecular weight is 380 g/mol. The summed E-state index contributed by atoms with van der Waals surface area (Å²) in [6.07, 6.45) is 3.63. The average Bonchev–Trinajstić information content (AvgIpc) is 3.20. The van der Waals surface area contributed by atoms with E-state index in [0.29, 0.717) is 19.1 Å². The molecule has 0 bridgehead atoms. The van der Waals surface area contributed by atoms with Crippen LogP contribution < -0.4 is 9.47 Å². The van der Waals surface area contributed by atoms with Gasteiger partial charge in [-0.1, -0.05) is 18.2 Å². The number of nitrogens with one attached hydrogen (secondary N) is 1. The zero-order valence-corrected chi connectivity index (χ0v) is 16.1. The van der Waals surface area contributed by atoms with Gasteiger partial charge in [0.2, 0.25) is 0 Å². The van der Waals surface area contributed by atoms with E-state index in [9.17, 15) is 5.11 Å². The largest absolute Gasteiger partial charge is 0.493 e. The van der Waals surface area contributed by atoms with Crippen LogP contribution in [0.4, 0.5) is 0 Å². The Morgan fingerprint density at radius 1 is 1.00 bits per heavy atom. The highest BCUT2D eigenvalue weighted by Gasteiger charge is 2.21. The summed E-state index contributed by atoms with van der Waals surface area (Å²) < 4.78 is 11.7. The van der Waals surface area contributed by atoms with Crippen LogP contribution in [0, 0.1) is 5.92 Å². The number of aliphatic hydroxyl groups excluding tert-OH is 1. The van der Waals surface area contributed by atoms with Gasteiger partial charge in [-0.25, -0.2) is 0 Å². The van der Waals surface area contributed by atoms with E-state index >= 15 is 0 Å². The van der Waals surface area contributed by atoms with Crippen LogP contribution in [-0.2, 0) is 0 Å². The first-order valence-electron chi connectivity index (χ1n) is 10.0. The topological polar surface area (TPSA) is 57.7 Å². The number of β-amino-alcohol motifs (C(OH)–C–C–N with tert-alkyl or cyclic N) is 1. The second-order valence-electron chi connectivity index (χ2n) is 7.56. The molecule has 1 fully saturated rings. The van der Waals surface area contributed by atoms with Gasteiger partial charge in [-0.05, 0) is 68.2 Å². The summed E-state index contributed by atoms with van der Waals surface area (Å²) in [6, 6.07) is 17.9. The fourth-order valence-corrected chi connectivity index (χ4v) is 3.73. The Hall–Kier alpha value is -2.50. The molecule has 1 saturated heterocycles. The van der Waals surface area contributed by atoms with Gasteiger partial charge in [-0.2, -0.15) is 0 Å². The van der Waals surface area contributed by atoms with Crippen LogP contribution in [0.1, 0.15) is 12.8 Å². The van der Waals surface area contributed by atoms with Crippen LogP contribution in [0.25, 0.3) is 10.9 Å². The lowest BCUT2D eigenvalue weighted by Crippen LogP contribution is -2.41. The zero-order valence-electron chi connectivity index (χ0n) is 16.1. The minimum absolute atomic E-state index is 0.312. The van der Waals surface area contributed by atoms with E-state index in [-0.39, 0.29) is 0 Å². The molecule has 0 saturated carbocycles. The molecule has 2 N–H and O–H groups in total. The molecule has 1 aliphatic rings. The molecule has 2 aromatic carbocycles. The Morgan fingerprint density at radius 3 is 2.64 bits per heavy atom. The van der Waals surface area contributed by atoms with E-state index in [0.717, 1.165) is 54.9 Å². The number of nitrogens with zero attached hydrogens (tertiary/aromatic N) is 1. The SMILES string of the molecule is OC(COc1ccc2[nH]ccc2c1)CN1CCC(COc2ccccc2)CC1. The highest BCUT2D eigenvalue weighted by molar-refractivity contribution is 5.80. The third kappa shape index (κ3) is 5.06. The Labute approximate surface area is 165 Å². The summed E-state index contributed by atoms with van der Waals surface area (Å²) in [5, 5.41) is 11.5. The molecule has 1 atom stereocenters. The lowest BCUT2D eigenvalue weighted by atomic mass is 9.97. The van der Waals surface area contributed by atoms with E-state index < -0.39 is 6.10 Å². The molecule has 4 rings (SSSR count). The number of fused-ring (bicyclic) bond motifs is 1. The van der Waals surface area contributed by atoms with Crippen molar-refractivity contribution in [3.8, 4) is 11.5 Å². The van der Waals surface area contributed by atoms with Crippen molar-refractivity contribution in [1.29, 1.82) is 0 Å². The Kier molecular flexibility index (Phi) is 6.14. The minimum Gasteiger partial charge on any atom is -0.493 e. The summed E-state index contributed by atoms with van der Waals surface area (Å²) in [5.41, 5.74) is 1.09. The van der Waals surface area contributed by atoms with Crippen LogP contribution in [0.15, 0.2) is 60.8 Å². The maximum absolute atomic E-state index is 10.4. The van der Waals surface area contributed by atoms with E-state index in [1.807, 2.05) is 60.8 Å². The van der Waals surface area contributed by atoms with Crippen molar-refractivity contribution in [2.24, 2.45) is 5.92 Å². The van der Waals surface area contributed by atoms with Gasteiger partial charge >= 0.3 is 0 Å². The van der Waals surface area contributed by atoms with Crippen LogP contribution in [0.2, 0.25) is 0 Å². The molecule has 28 heavy (non-hydrogen) atoms. The summed E-state index contributed by atoms with van der Waals surface area (Å²) in [5.74, 6) is 2.32. The zero-order chi connectivity index (χ0) is 19.2. The number of likely N-dealkylation sites (tertiary alicyclic amines) is 1. The van der Waals surface area contributed by atoms with E-state index in [4.69, 9.17) is 9.47 Å². The molecule has 1 aromatic heterocycles. The predicted octanol–water partition coefficient (Wildman–Crippen LogP) is 3.70. The number of H-pyrrole nitrogens is 1. The number of hydrogen-bond donors (Lipinski definition) is 2. The second kappa shape index (κ2) is 9.13. The lowest BCUT2D eigenvalue weighted by Gasteiger charge is -2.33. The molecule has 5 nitrogen and oxygen atoms in total. The van der Waals surface area contributed by atoms with Gasteiger partial charge in [0.1, 0.15) is 24.2 Å². The van der Waals surface area contributed by atoms with Gasteiger partial charge in [0.25, 0.3) is 0 Å². The smallest absolute Gasteiger partial charge is 0.120 e. The van der Waals surface area contributed by atoms with Crippen molar-refractivity contribution in [1.82, 2.24) is 9.88 Å². The maximum Gasteiger partial charge on any atom is 0.120 e. The number of aromatic nitrogens is 1. The fraction of sp³-hybridized carbons (Fsp3) is 0.391. The summed E-state index contributed by atoms with van der Waals surface area (Å²) in [7, 11) is 0. The molecule has 148 valence electrons. The Balaban J connectivity index is 1.16. The number of piperidine rings is 1. The number of ether oxygens (including phenoxy) is 2. The maximum atomic E-state index is 10.4. The van der Waals surface area contributed by atoms with Crippen molar-refractivity contribution in [3.05, 3.63) is 60.8 Å². The van der Waals surface area contributed by atoms with Crippen molar-refractivity contribution < 1.29 is 14.6 Å². The second-order valence-corrected chi connectivity index (χ2v) is 7.56. The molecule has 0 spiro atoms. The first-order valence-corrected chi connectivity index (χ1v) is 10.0. The number of benzene rings is 2. The van der Waals surface area contributed by atoms with Gasteiger partial charge < -0.3 is 24.5 Å². The monoisotopic (exact) mass is 380 g/mol. The predicted molar refractivity (Wildman–Crippen MR) is 111 cm³/mol. The molecule has 3 aromatic rings. The normalized spacial score (nSPS) is 16.9. The van der Waals surface area contributed by atoms with Gasteiger partial charge in [0, 0.05) is 23.6 Å². The molecule has 5 heteroatoms.